The molecule has 0 amide bonds. The lowest BCUT2D eigenvalue weighted by atomic mass is 9.90. The summed E-state index contributed by atoms with van der Waals surface area (Å²) in [5.41, 5.74) is 0.352. The van der Waals surface area contributed by atoms with Crippen LogP contribution in [-0.4, -0.2) is 23.4 Å². The van der Waals surface area contributed by atoms with E-state index in [1.54, 1.807) is 0 Å². The molecule has 0 fully saturated rings. The normalized spacial score (nSPS) is 11.8. The molecule has 0 spiro atoms. The molecule has 102 valence electrons. The summed E-state index contributed by atoms with van der Waals surface area (Å²) < 4.78 is 26.1. The maximum absolute atomic E-state index is 13.1. The molecule has 0 saturated carbocycles. The van der Waals surface area contributed by atoms with Crippen LogP contribution >= 0.6 is 0 Å². The first kappa shape index (κ1) is 14.9. The van der Waals surface area contributed by atoms with Crippen LogP contribution in [0, 0.1) is 17.0 Å². The number of hydrogen-bond acceptors (Lipinski definition) is 3. The average molecular weight is 259 g/mol. The number of aromatic hydroxyl groups is 1. The Balaban J connectivity index is 2.54. The van der Waals surface area contributed by atoms with E-state index in [0.717, 1.165) is 12.1 Å². The van der Waals surface area contributed by atoms with Crippen molar-refractivity contribution < 1.29 is 19.0 Å². The van der Waals surface area contributed by atoms with Crippen molar-refractivity contribution in [2.75, 3.05) is 13.2 Å². The van der Waals surface area contributed by atoms with Gasteiger partial charge in [-0.1, -0.05) is 13.8 Å². The Labute approximate surface area is 105 Å². The first-order chi connectivity index (χ1) is 8.35. The van der Waals surface area contributed by atoms with Crippen molar-refractivity contribution in [3.8, 4) is 5.75 Å². The van der Waals surface area contributed by atoms with Crippen LogP contribution in [0.3, 0.4) is 0 Å². The fraction of sp³-hybridized carbons (Fsp3) is 0.538. The molecule has 0 heterocycles. The van der Waals surface area contributed by atoms with E-state index in [1.807, 2.05) is 13.8 Å². The van der Waals surface area contributed by atoms with E-state index in [-0.39, 0.29) is 12.0 Å². The first-order valence-corrected chi connectivity index (χ1v) is 5.84. The number of halogens is 2. The predicted octanol–water partition coefficient (Wildman–Crippen LogP) is 2.17. The molecule has 5 heteroatoms. The van der Waals surface area contributed by atoms with Crippen molar-refractivity contribution in [2.45, 2.75) is 26.8 Å². The van der Waals surface area contributed by atoms with Gasteiger partial charge < -0.3 is 15.5 Å². The second kappa shape index (κ2) is 6.11. The van der Waals surface area contributed by atoms with Crippen LogP contribution in [0.1, 0.15) is 25.8 Å². The van der Waals surface area contributed by atoms with Gasteiger partial charge in [0.05, 0.1) is 0 Å². The van der Waals surface area contributed by atoms with Crippen LogP contribution in [-0.2, 0) is 6.54 Å². The molecule has 0 radical (unpaired) electrons. The molecule has 0 saturated heterocycles. The van der Waals surface area contributed by atoms with Crippen LogP contribution < -0.4 is 5.32 Å². The van der Waals surface area contributed by atoms with E-state index >= 15 is 0 Å². The van der Waals surface area contributed by atoms with Gasteiger partial charge >= 0.3 is 0 Å². The zero-order valence-corrected chi connectivity index (χ0v) is 10.6. The van der Waals surface area contributed by atoms with Gasteiger partial charge in [0.2, 0.25) is 0 Å². The highest BCUT2D eigenvalue weighted by atomic mass is 19.1. The minimum absolute atomic E-state index is 0.0806. The molecule has 0 aliphatic carbocycles. The van der Waals surface area contributed by atoms with E-state index in [1.165, 1.54) is 0 Å². The van der Waals surface area contributed by atoms with E-state index in [4.69, 9.17) is 10.2 Å². The maximum atomic E-state index is 13.1. The molecule has 0 atom stereocenters. The van der Waals surface area contributed by atoms with E-state index in [2.05, 4.69) is 5.32 Å². The molecular formula is C13H19F2NO2. The molecule has 0 bridgehead atoms. The van der Waals surface area contributed by atoms with Crippen molar-refractivity contribution in [3.63, 3.8) is 0 Å². The predicted molar refractivity (Wildman–Crippen MR) is 65.2 cm³/mol. The van der Waals surface area contributed by atoms with Crippen LogP contribution in [0.25, 0.3) is 0 Å². The maximum Gasteiger partial charge on any atom is 0.187 e. The lowest BCUT2D eigenvalue weighted by Gasteiger charge is -2.24. The minimum atomic E-state index is -0.957. The summed E-state index contributed by atoms with van der Waals surface area (Å²) in [5.74, 6) is -2.86. The van der Waals surface area contributed by atoms with Crippen molar-refractivity contribution >= 4 is 0 Å². The Morgan fingerprint density at radius 1 is 1.22 bits per heavy atom. The number of rotatable bonds is 6. The molecule has 3 nitrogen and oxygen atoms in total. The number of hydrogen-bond donors (Lipinski definition) is 3. The SMILES string of the molecule is CC(C)(CCO)CNCc1cc(F)c(O)c(F)c1. The fourth-order valence-corrected chi connectivity index (χ4v) is 1.66. The Hall–Kier alpha value is -1.20. The average Bonchev–Trinajstić information content (AvgIpc) is 2.25. The van der Waals surface area contributed by atoms with Crippen molar-refractivity contribution in [1.29, 1.82) is 0 Å². The number of aliphatic hydroxyl groups excluding tert-OH is 1. The summed E-state index contributed by atoms with van der Waals surface area (Å²) in [4.78, 5) is 0. The van der Waals surface area contributed by atoms with E-state index in [0.29, 0.717) is 25.1 Å². The molecule has 3 N–H and O–H groups in total. The van der Waals surface area contributed by atoms with Gasteiger partial charge in [-0.05, 0) is 29.5 Å². The van der Waals surface area contributed by atoms with Gasteiger partial charge in [-0.25, -0.2) is 8.78 Å². The molecule has 0 unspecified atom stereocenters. The minimum Gasteiger partial charge on any atom is -0.503 e. The summed E-state index contributed by atoms with van der Waals surface area (Å²) in [6.07, 6.45) is 0.651. The van der Waals surface area contributed by atoms with Crippen LogP contribution in [0.15, 0.2) is 12.1 Å². The number of nitrogens with one attached hydrogen (secondary N) is 1. The Morgan fingerprint density at radius 2 is 1.78 bits per heavy atom. The molecule has 18 heavy (non-hydrogen) atoms. The zero-order valence-electron chi connectivity index (χ0n) is 10.6. The van der Waals surface area contributed by atoms with Crippen LogP contribution in [0.4, 0.5) is 8.78 Å². The topological polar surface area (TPSA) is 52.5 Å². The molecule has 1 aromatic carbocycles. The van der Waals surface area contributed by atoms with Gasteiger partial charge in [0.25, 0.3) is 0 Å². The van der Waals surface area contributed by atoms with Crippen molar-refractivity contribution in [2.24, 2.45) is 5.41 Å². The van der Waals surface area contributed by atoms with Gasteiger partial charge in [-0.2, -0.15) is 0 Å². The molecule has 0 aromatic heterocycles. The summed E-state index contributed by atoms with van der Waals surface area (Å²) in [6, 6.07) is 2.20. The number of phenolic OH excluding ortho intramolecular Hbond substituents is 1. The number of aliphatic hydroxyl groups is 1. The molecule has 0 aliphatic heterocycles. The standard InChI is InChI=1S/C13H19F2NO2/c1-13(2,3-4-17)8-16-7-9-5-10(14)12(18)11(15)6-9/h5-6,16-18H,3-4,7-8H2,1-2H3. The summed E-state index contributed by atoms with van der Waals surface area (Å²) in [7, 11) is 0. The second-order valence-corrected chi connectivity index (χ2v) is 5.15. The molecule has 0 aliphatic rings. The van der Waals surface area contributed by atoms with Crippen LogP contribution in [0.2, 0.25) is 0 Å². The quantitative estimate of drug-likeness (QED) is 0.734. The molecular weight excluding hydrogens is 240 g/mol. The summed E-state index contributed by atoms with van der Waals surface area (Å²) in [5, 5.41) is 20.9. The third-order valence-electron chi connectivity index (χ3n) is 2.80. The summed E-state index contributed by atoms with van der Waals surface area (Å²) in [6.45, 7) is 5.03. The van der Waals surface area contributed by atoms with Gasteiger partial charge in [-0.15, -0.1) is 0 Å². The summed E-state index contributed by atoms with van der Waals surface area (Å²) >= 11 is 0. The monoisotopic (exact) mass is 259 g/mol. The highest BCUT2D eigenvalue weighted by molar-refractivity contribution is 5.29. The van der Waals surface area contributed by atoms with E-state index < -0.39 is 17.4 Å². The Bertz CT molecular complexity index is 385. The third-order valence-corrected chi connectivity index (χ3v) is 2.80. The fourth-order valence-electron chi connectivity index (χ4n) is 1.66. The molecule has 1 aromatic rings. The van der Waals surface area contributed by atoms with Gasteiger partial charge in [0.15, 0.2) is 17.4 Å². The van der Waals surface area contributed by atoms with Crippen LogP contribution in [0.5, 0.6) is 5.75 Å². The van der Waals surface area contributed by atoms with Crippen molar-refractivity contribution in [3.05, 3.63) is 29.3 Å². The largest absolute Gasteiger partial charge is 0.503 e. The number of phenols is 1. The smallest absolute Gasteiger partial charge is 0.187 e. The lowest BCUT2D eigenvalue weighted by molar-refractivity contribution is 0.207. The Morgan fingerprint density at radius 3 is 2.28 bits per heavy atom. The van der Waals surface area contributed by atoms with E-state index in [9.17, 15) is 8.78 Å². The van der Waals surface area contributed by atoms with Crippen molar-refractivity contribution in [1.82, 2.24) is 5.32 Å². The molecule has 1 rings (SSSR count). The highest BCUT2D eigenvalue weighted by Crippen LogP contribution is 2.22. The lowest BCUT2D eigenvalue weighted by Crippen LogP contribution is -2.29. The first-order valence-electron chi connectivity index (χ1n) is 5.84. The van der Waals surface area contributed by atoms with Gasteiger partial charge in [0.1, 0.15) is 0 Å². The Kier molecular flexibility index (Phi) is 5.04. The second-order valence-electron chi connectivity index (χ2n) is 5.15. The third kappa shape index (κ3) is 4.23. The van der Waals surface area contributed by atoms with Gasteiger partial charge in [-0.3, -0.25) is 0 Å². The zero-order chi connectivity index (χ0) is 13.8. The van der Waals surface area contributed by atoms with Gasteiger partial charge in [0, 0.05) is 19.7 Å². The highest BCUT2D eigenvalue weighted by Gasteiger charge is 2.16. The number of benzene rings is 1.